The first-order chi connectivity index (χ1) is 13.5. The molecule has 0 fully saturated rings. The van der Waals surface area contributed by atoms with E-state index in [0.717, 1.165) is 23.6 Å². The molecule has 0 unspecified atom stereocenters. The number of halogens is 1. The van der Waals surface area contributed by atoms with E-state index in [1.165, 1.54) is 17.4 Å². The lowest BCUT2D eigenvalue weighted by atomic mass is 9.87. The molecular weight excluding hydrogens is 509 g/mol. The maximum atomic E-state index is 11.8. The highest BCUT2D eigenvalue weighted by Gasteiger charge is 2.13. The van der Waals surface area contributed by atoms with Gasteiger partial charge in [-0.3, -0.25) is 0 Å². The van der Waals surface area contributed by atoms with Gasteiger partial charge < -0.3 is 10.6 Å². The predicted molar refractivity (Wildman–Crippen MR) is 137 cm³/mol. The summed E-state index contributed by atoms with van der Waals surface area (Å²) >= 11 is 0. The molecule has 2 aromatic rings. The third kappa shape index (κ3) is 7.91. The van der Waals surface area contributed by atoms with Gasteiger partial charge in [0.05, 0.1) is 11.4 Å². The van der Waals surface area contributed by atoms with Crippen molar-refractivity contribution in [2.45, 2.75) is 58.0 Å². The fraction of sp³-hybridized carbons (Fsp3) is 0.435. The summed E-state index contributed by atoms with van der Waals surface area (Å²) in [4.78, 5) is 5.00. The van der Waals surface area contributed by atoms with E-state index < -0.39 is 9.84 Å². The zero-order chi connectivity index (χ0) is 21.7. The van der Waals surface area contributed by atoms with E-state index in [-0.39, 0.29) is 29.4 Å². The second-order valence-corrected chi connectivity index (χ2v) is 10.4. The van der Waals surface area contributed by atoms with Gasteiger partial charge in [0.1, 0.15) is 0 Å². The number of sulfone groups is 1. The van der Waals surface area contributed by atoms with Gasteiger partial charge >= 0.3 is 0 Å². The van der Waals surface area contributed by atoms with Crippen LogP contribution in [0.25, 0.3) is 0 Å². The molecule has 0 aliphatic carbocycles. The van der Waals surface area contributed by atoms with Crippen LogP contribution in [0.1, 0.15) is 49.9 Å². The number of hydrogen-bond donors (Lipinski definition) is 2. The number of benzene rings is 2. The summed E-state index contributed by atoms with van der Waals surface area (Å²) in [6.45, 7) is 12.4. The van der Waals surface area contributed by atoms with E-state index in [4.69, 9.17) is 0 Å². The van der Waals surface area contributed by atoms with Crippen LogP contribution < -0.4 is 10.6 Å². The number of guanidine groups is 1. The lowest BCUT2D eigenvalue weighted by Gasteiger charge is -2.19. The molecule has 0 heterocycles. The molecule has 30 heavy (non-hydrogen) atoms. The Morgan fingerprint density at radius 3 is 2.10 bits per heavy atom. The summed E-state index contributed by atoms with van der Waals surface area (Å²) in [7, 11) is -3.20. The molecule has 2 aromatic carbocycles. The van der Waals surface area contributed by atoms with Gasteiger partial charge in [0.2, 0.25) is 0 Å². The van der Waals surface area contributed by atoms with Crippen LogP contribution in [-0.2, 0) is 28.3 Å². The van der Waals surface area contributed by atoms with Crippen LogP contribution in [0.15, 0.2) is 52.4 Å². The maximum Gasteiger partial charge on any atom is 0.191 e. The van der Waals surface area contributed by atoms with Crippen molar-refractivity contribution in [3.63, 3.8) is 0 Å². The van der Waals surface area contributed by atoms with E-state index in [0.29, 0.717) is 18.0 Å². The van der Waals surface area contributed by atoms with Gasteiger partial charge in [0.15, 0.2) is 15.8 Å². The van der Waals surface area contributed by atoms with Crippen molar-refractivity contribution in [3.8, 4) is 0 Å². The van der Waals surface area contributed by atoms with Gasteiger partial charge in [-0.15, -0.1) is 24.0 Å². The molecule has 0 bridgehead atoms. The summed E-state index contributed by atoms with van der Waals surface area (Å²) < 4.78 is 23.5. The monoisotopic (exact) mass is 543 g/mol. The number of aliphatic imine (C=N–C) groups is 1. The molecule has 0 aromatic heterocycles. The lowest BCUT2D eigenvalue weighted by Crippen LogP contribution is -2.36. The average molecular weight is 544 g/mol. The van der Waals surface area contributed by atoms with E-state index in [1.807, 2.05) is 26.0 Å². The number of hydrogen-bond acceptors (Lipinski definition) is 3. The van der Waals surface area contributed by atoms with Crippen LogP contribution in [0.4, 0.5) is 0 Å². The molecule has 7 heteroatoms. The highest BCUT2D eigenvalue weighted by Crippen LogP contribution is 2.22. The second-order valence-electron chi connectivity index (χ2n) is 8.37. The minimum Gasteiger partial charge on any atom is -0.357 e. The number of nitrogens with zero attached hydrogens (tertiary/aromatic N) is 1. The Morgan fingerprint density at radius 2 is 1.60 bits per heavy atom. The van der Waals surface area contributed by atoms with Gasteiger partial charge in [0, 0.05) is 19.3 Å². The molecular formula is C23H34IN3O2S. The first-order valence-electron chi connectivity index (χ1n) is 9.92. The normalized spacial score (nSPS) is 12.3. The number of rotatable bonds is 6. The summed E-state index contributed by atoms with van der Waals surface area (Å²) in [5.41, 5.74) is 4.37. The van der Waals surface area contributed by atoms with Crippen LogP contribution in [0.3, 0.4) is 0 Å². The van der Waals surface area contributed by atoms with Gasteiger partial charge in [-0.1, -0.05) is 57.2 Å². The highest BCUT2D eigenvalue weighted by atomic mass is 127. The molecule has 0 saturated carbocycles. The molecule has 0 saturated heterocycles. The number of aryl methyl sites for hydroxylation is 1. The van der Waals surface area contributed by atoms with Crippen LogP contribution in [0.5, 0.6) is 0 Å². The molecule has 2 N–H and O–H groups in total. The Balaban J connectivity index is 0.00000450. The Morgan fingerprint density at radius 1 is 1.00 bits per heavy atom. The third-order valence-electron chi connectivity index (χ3n) is 4.68. The Labute approximate surface area is 198 Å². The first-order valence-corrected chi connectivity index (χ1v) is 11.8. The standard InChI is InChI=1S/C23H33N3O2S.HI/c1-7-24-22(25-15-18-8-11-20(12-9-18)23(3,4)5)26-16-19-10-13-21(17(2)14-19)29(6,27)28;/h8-14H,7,15-16H2,1-6H3,(H2,24,25,26);1H. The second kappa shape index (κ2) is 11.1. The summed E-state index contributed by atoms with van der Waals surface area (Å²) in [6, 6.07) is 14.0. The molecule has 0 aliphatic heterocycles. The fourth-order valence-electron chi connectivity index (χ4n) is 3.05. The quantitative estimate of drug-likeness (QED) is 0.318. The van der Waals surface area contributed by atoms with Crippen molar-refractivity contribution in [2.75, 3.05) is 12.8 Å². The Kier molecular flexibility index (Phi) is 9.81. The zero-order valence-corrected chi connectivity index (χ0v) is 21.9. The smallest absolute Gasteiger partial charge is 0.191 e. The summed E-state index contributed by atoms with van der Waals surface area (Å²) in [5, 5.41) is 6.61. The van der Waals surface area contributed by atoms with Gasteiger partial charge in [-0.25, -0.2) is 13.4 Å². The van der Waals surface area contributed by atoms with E-state index in [1.54, 1.807) is 6.07 Å². The SMILES string of the molecule is CCNC(=NCc1ccc(S(C)(=O)=O)c(C)c1)NCc1ccc(C(C)(C)C)cc1.I. The van der Waals surface area contributed by atoms with Crippen molar-refractivity contribution < 1.29 is 8.42 Å². The summed E-state index contributed by atoms with van der Waals surface area (Å²) in [6.07, 6.45) is 1.23. The first kappa shape index (κ1) is 26.4. The highest BCUT2D eigenvalue weighted by molar-refractivity contribution is 14.0. The van der Waals surface area contributed by atoms with E-state index >= 15 is 0 Å². The maximum absolute atomic E-state index is 11.8. The molecule has 166 valence electrons. The largest absolute Gasteiger partial charge is 0.357 e. The molecule has 5 nitrogen and oxygen atoms in total. The van der Waals surface area contributed by atoms with Crippen molar-refractivity contribution in [1.82, 2.24) is 10.6 Å². The van der Waals surface area contributed by atoms with Crippen molar-refractivity contribution in [3.05, 3.63) is 64.7 Å². The van der Waals surface area contributed by atoms with Crippen LogP contribution in [0.2, 0.25) is 0 Å². The number of nitrogens with one attached hydrogen (secondary N) is 2. The van der Waals surface area contributed by atoms with Crippen molar-refractivity contribution in [1.29, 1.82) is 0 Å². The molecule has 0 amide bonds. The van der Waals surface area contributed by atoms with Gasteiger partial charge in [0.25, 0.3) is 0 Å². The van der Waals surface area contributed by atoms with Crippen LogP contribution >= 0.6 is 24.0 Å². The average Bonchev–Trinajstić information content (AvgIpc) is 2.62. The third-order valence-corrected chi connectivity index (χ3v) is 5.94. The molecule has 0 aliphatic rings. The Hall–Kier alpha value is -1.61. The van der Waals surface area contributed by atoms with Crippen LogP contribution in [-0.4, -0.2) is 27.2 Å². The van der Waals surface area contributed by atoms with Crippen LogP contribution in [0, 0.1) is 6.92 Å². The minimum atomic E-state index is -3.20. The van der Waals surface area contributed by atoms with Gasteiger partial charge in [-0.05, 0) is 47.6 Å². The lowest BCUT2D eigenvalue weighted by molar-refractivity contribution is 0.590. The van der Waals surface area contributed by atoms with Gasteiger partial charge in [-0.2, -0.15) is 0 Å². The van der Waals surface area contributed by atoms with Crippen molar-refractivity contribution in [2.24, 2.45) is 4.99 Å². The molecule has 0 atom stereocenters. The Bertz CT molecular complexity index is 963. The zero-order valence-electron chi connectivity index (χ0n) is 18.7. The van der Waals surface area contributed by atoms with Crippen molar-refractivity contribution >= 4 is 39.8 Å². The fourth-order valence-corrected chi connectivity index (χ4v) is 4.01. The minimum absolute atomic E-state index is 0. The molecule has 2 rings (SSSR count). The predicted octanol–water partition coefficient (Wildman–Crippen LogP) is 4.57. The summed E-state index contributed by atoms with van der Waals surface area (Å²) in [5.74, 6) is 0.734. The van der Waals surface area contributed by atoms with E-state index in [9.17, 15) is 8.42 Å². The van der Waals surface area contributed by atoms with E-state index in [2.05, 4.69) is 60.7 Å². The topological polar surface area (TPSA) is 70.6 Å². The molecule has 0 radical (unpaired) electrons. The molecule has 0 spiro atoms.